The van der Waals surface area contributed by atoms with E-state index in [2.05, 4.69) is 215 Å². The molecule has 2 atom stereocenters. The monoisotopic (exact) mass is 735 g/mol. The zero-order chi connectivity index (χ0) is 38.5. The predicted molar refractivity (Wildman–Crippen MR) is 236 cm³/mol. The highest BCUT2D eigenvalue weighted by Gasteiger charge is 2.53. The van der Waals surface area contributed by atoms with E-state index in [-0.39, 0.29) is 16.9 Å². The molecule has 0 saturated carbocycles. The molecule has 0 bridgehead atoms. The van der Waals surface area contributed by atoms with E-state index < -0.39 is 5.41 Å². The van der Waals surface area contributed by atoms with Crippen molar-refractivity contribution in [1.82, 2.24) is 0 Å². The van der Waals surface area contributed by atoms with Gasteiger partial charge in [-0.1, -0.05) is 173 Å². The minimum atomic E-state index is -0.417. The molecule has 1 N–H and O–H groups in total. The van der Waals surface area contributed by atoms with Crippen LogP contribution in [0.1, 0.15) is 89.2 Å². The van der Waals surface area contributed by atoms with Crippen LogP contribution in [-0.4, -0.2) is 6.10 Å². The van der Waals surface area contributed by atoms with Gasteiger partial charge in [-0.15, -0.1) is 0 Å². The van der Waals surface area contributed by atoms with E-state index in [4.69, 9.17) is 4.74 Å². The van der Waals surface area contributed by atoms with Crippen LogP contribution in [0.25, 0.3) is 22.8 Å². The molecule has 0 saturated heterocycles. The van der Waals surface area contributed by atoms with Crippen LogP contribution >= 0.6 is 0 Å². The van der Waals surface area contributed by atoms with E-state index >= 15 is 0 Å². The van der Waals surface area contributed by atoms with Gasteiger partial charge in [0.05, 0.1) is 5.41 Å². The van der Waals surface area contributed by atoms with Crippen molar-refractivity contribution >= 4 is 17.3 Å². The van der Waals surface area contributed by atoms with E-state index in [1.807, 2.05) is 0 Å². The molecule has 6 aromatic carbocycles. The lowest BCUT2D eigenvalue weighted by Crippen LogP contribution is -2.40. The van der Waals surface area contributed by atoms with Crippen molar-refractivity contribution < 1.29 is 4.74 Å². The van der Waals surface area contributed by atoms with Gasteiger partial charge >= 0.3 is 0 Å². The normalized spacial score (nSPS) is 20.5. The highest BCUT2D eigenvalue weighted by Crippen LogP contribution is 2.62. The third-order valence-corrected chi connectivity index (χ3v) is 13.6. The van der Waals surface area contributed by atoms with Gasteiger partial charge in [0.1, 0.15) is 11.9 Å². The third-order valence-electron chi connectivity index (χ3n) is 13.6. The second-order valence-corrected chi connectivity index (χ2v) is 17.3. The van der Waals surface area contributed by atoms with Crippen molar-refractivity contribution in [2.24, 2.45) is 0 Å². The fraction of sp³-hybridized carbons (Fsp3) is 0.164. The Kier molecular flexibility index (Phi) is 7.32. The summed E-state index contributed by atoms with van der Waals surface area (Å²) in [5, 5.41) is 3.76. The summed E-state index contributed by atoms with van der Waals surface area (Å²) in [5.41, 5.74) is 18.8. The van der Waals surface area contributed by atoms with Crippen LogP contribution in [0.2, 0.25) is 0 Å². The number of nitrogens with one attached hydrogen (secondary N) is 1. The minimum Gasteiger partial charge on any atom is -0.485 e. The molecule has 2 unspecified atom stereocenters. The van der Waals surface area contributed by atoms with Gasteiger partial charge < -0.3 is 10.1 Å². The SMILES string of the molecule is CC1(C)C(/C=C/Nc2ccc3c(c2)C2(c4ccccc4-3)c3ccccc3C(C)(C)c3ccccc32)=C(/C=C\c2ccc3c(c2)OC2C=CC=CC32)c2ccccc21. The molecule has 2 heteroatoms. The standard InChI is InChI=1S/C55H45NO/c1-53(2)43-18-8-5-15-37(43)39(28-25-35-26-29-42-41-17-7-14-24-51(41)57-52(42)33-35)44(53)31-32-56-36-27-30-40-38-16-6-9-19-45(38)55(50(40)34-36)48-22-12-10-20-46(48)54(3,4)47-21-11-13-23-49(47)55/h5-34,41,51,56H,1-4H3/b28-25-,32-31+. The first-order chi connectivity index (χ1) is 27.8. The molecule has 57 heavy (non-hydrogen) atoms. The number of fused-ring (bicyclic) bond motifs is 13. The van der Waals surface area contributed by atoms with Gasteiger partial charge in [0.25, 0.3) is 0 Å². The second-order valence-electron chi connectivity index (χ2n) is 17.3. The van der Waals surface area contributed by atoms with Crippen LogP contribution in [0.4, 0.5) is 5.69 Å². The maximum absolute atomic E-state index is 6.35. The maximum Gasteiger partial charge on any atom is 0.128 e. The number of anilines is 1. The predicted octanol–water partition coefficient (Wildman–Crippen LogP) is 13.0. The summed E-state index contributed by atoms with van der Waals surface area (Å²) < 4.78 is 6.35. The van der Waals surface area contributed by atoms with Crippen molar-refractivity contribution in [1.29, 1.82) is 0 Å². The van der Waals surface area contributed by atoms with Gasteiger partial charge in [-0.3, -0.25) is 0 Å². The van der Waals surface area contributed by atoms with E-state index in [1.165, 1.54) is 72.3 Å². The first kappa shape index (κ1) is 33.9. The molecule has 5 aliphatic rings. The summed E-state index contributed by atoms with van der Waals surface area (Å²) in [5.74, 6) is 1.28. The first-order valence-corrected chi connectivity index (χ1v) is 20.3. The van der Waals surface area contributed by atoms with Gasteiger partial charge in [-0.25, -0.2) is 0 Å². The summed E-state index contributed by atoms with van der Waals surface area (Å²) in [6.07, 6.45) is 17.7. The first-order valence-electron chi connectivity index (χ1n) is 20.3. The summed E-state index contributed by atoms with van der Waals surface area (Å²) in [4.78, 5) is 0. The van der Waals surface area contributed by atoms with Gasteiger partial charge in [0.15, 0.2) is 0 Å². The van der Waals surface area contributed by atoms with Gasteiger partial charge in [0, 0.05) is 34.2 Å². The number of benzene rings is 6. The van der Waals surface area contributed by atoms with Crippen molar-refractivity contribution in [2.75, 3.05) is 5.32 Å². The topological polar surface area (TPSA) is 21.3 Å². The Balaban J connectivity index is 0.986. The van der Waals surface area contributed by atoms with Crippen molar-refractivity contribution in [2.45, 2.75) is 56.0 Å². The summed E-state index contributed by atoms with van der Waals surface area (Å²) in [6, 6.07) is 49.8. The van der Waals surface area contributed by atoms with E-state index in [0.717, 1.165) is 17.0 Å². The Morgan fingerprint density at radius 2 is 1.16 bits per heavy atom. The average molecular weight is 736 g/mol. The largest absolute Gasteiger partial charge is 0.485 e. The third kappa shape index (κ3) is 4.77. The van der Waals surface area contributed by atoms with E-state index in [1.54, 1.807) is 0 Å². The van der Waals surface area contributed by atoms with Gasteiger partial charge in [0.2, 0.25) is 0 Å². The van der Waals surface area contributed by atoms with Crippen molar-refractivity contribution in [3.05, 3.63) is 237 Å². The number of allylic oxidation sites excluding steroid dienone is 6. The molecule has 4 aliphatic carbocycles. The lowest BCUT2D eigenvalue weighted by Gasteiger charge is -2.46. The molecule has 1 aliphatic heterocycles. The molecule has 2 nitrogen and oxygen atoms in total. The van der Waals surface area contributed by atoms with Crippen LogP contribution in [0.3, 0.4) is 0 Å². The highest BCUT2D eigenvalue weighted by atomic mass is 16.5. The Morgan fingerprint density at radius 1 is 0.526 bits per heavy atom. The Hall–Kier alpha value is -6.38. The lowest BCUT2D eigenvalue weighted by molar-refractivity contribution is 0.269. The minimum absolute atomic E-state index is 0.0895. The molecule has 0 fully saturated rings. The molecule has 276 valence electrons. The molecule has 1 heterocycles. The molecular formula is C55H45NO. The van der Waals surface area contributed by atoms with E-state index in [0.29, 0.717) is 5.92 Å². The molecule has 0 aromatic heterocycles. The van der Waals surface area contributed by atoms with Crippen molar-refractivity contribution in [3.8, 4) is 16.9 Å². The average Bonchev–Trinajstić information content (AvgIpc) is 3.83. The summed E-state index contributed by atoms with van der Waals surface area (Å²) in [7, 11) is 0. The molecule has 0 radical (unpaired) electrons. The van der Waals surface area contributed by atoms with Crippen LogP contribution in [0, 0.1) is 0 Å². The molecule has 11 rings (SSSR count). The molecule has 1 spiro atoms. The van der Waals surface area contributed by atoms with Gasteiger partial charge in [-0.05, 0) is 103 Å². The van der Waals surface area contributed by atoms with Crippen LogP contribution in [0.15, 0.2) is 182 Å². The zero-order valence-corrected chi connectivity index (χ0v) is 32.9. The highest BCUT2D eigenvalue weighted by molar-refractivity contribution is 5.91. The van der Waals surface area contributed by atoms with Crippen LogP contribution < -0.4 is 10.1 Å². The maximum atomic E-state index is 6.35. The van der Waals surface area contributed by atoms with E-state index in [9.17, 15) is 0 Å². The van der Waals surface area contributed by atoms with Crippen LogP contribution in [-0.2, 0) is 16.2 Å². The summed E-state index contributed by atoms with van der Waals surface area (Å²) in [6.45, 7) is 9.44. The molecule has 6 aromatic rings. The second kappa shape index (κ2) is 12.3. The Labute approximate surface area is 336 Å². The number of hydrogen-bond acceptors (Lipinski definition) is 2. The Bertz CT molecular complexity index is 2770. The molecule has 0 amide bonds. The van der Waals surface area contributed by atoms with Crippen molar-refractivity contribution in [3.63, 3.8) is 0 Å². The smallest absolute Gasteiger partial charge is 0.128 e. The quantitative estimate of drug-likeness (QED) is 0.190. The number of hydrogen-bond donors (Lipinski definition) is 1. The number of rotatable bonds is 5. The van der Waals surface area contributed by atoms with Crippen LogP contribution in [0.5, 0.6) is 5.75 Å². The van der Waals surface area contributed by atoms with Gasteiger partial charge in [-0.2, -0.15) is 0 Å². The lowest BCUT2D eigenvalue weighted by atomic mass is 9.55. The fourth-order valence-corrected chi connectivity index (χ4v) is 10.9. The number of ether oxygens (including phenoxy) is 1. The zero-order valence-electron chi connectivity index (χ0n) is 32.9. The summed E-state index contributed by atoms with van der Waals surface area (Å²) >= 11 is 0. The Morgan fingerprint density at radius 3 is 1.91 bits per heavy atom. The fourth-order valence-electron chi connectivity index (χ4n) is 10.9. The molecular weight excluding hydrogens is 691 g/mol.